The van der Waals surface area contributed by atoms with Crippen LogP contribution >= 0.6 is 47.2 Å². The lowest BCUT2D eigenvalue weighted by Gasteiger charge is -2.13. The number of terminal acetylenes is 1. The van der Waals surface area contributed by atoms with E-state index in [0.717, 1.165) is 0 Å². The maximum atomic E-state index is 12.5. The minimum atomic E-state index is -2.99. The molecule has 0 aliphatic heterocycles. The van der Waals surface area contributed by atoms with Crippen molar-refractivity contribution in [3.8, 4) is 18.1 Å². The third-order valence-corrected chi connectivity index (χ3v) is 2.90. The van der Waals surface area contributed by atoms with Crippen molar-refractivity contribution in [2.45, 2.75) is 20.1 Å². The zero-order valence-electron chi connectivity index (χ0n) is 12.2. The van der Waals surface area contributed by atoms with Crippen LogP contribution in [-0.2, 0) is 6.54 Å². The zero-order chi connectivity index (χ0) is 16.5. The van der Waals surface area contributed by atoms with Gasteiger partial charge in [0.05, 0.1) is 18.1 Å². The number of aliphatic imine (C=N–C) groups is 1. The first kappa shape index (κ1) is 22.0. The summed E-state index contributed by atoms with van der Waals surface area (Å²) in [5, 5.41) is 6.15. The number of ether oxygens (including phenoxy) is 1. The van der Waals surface area contributed by atoms with Crippen LogP contribution in [0.3, 0.4) is 0 Å². The molecule has 0 saturated heterocycles. The number of nitrogens with zero attached hydrogens (tertiary/aromatic N) is 1. The number of nitrogens with one attached hydrogen (secondary N) is 2. The van der Waals surface area contributed by atoms with Gasteiger partial charge in [0.1, 0.15) is 5.75 Å². The minimum Gasteiger partial charge on any atom is -0.433 e. The lowest BCUT2D eigenvalue weighted by molar-refractivity contribution is -0.0503. The molecule has 1 aromatic carbocycles. The molecule has 23 heavy (non-hydrogen) atoms. The molecule has 0 heterocycles. The van der Waals surface area contributed by atoms with Gasteiger partial charge in [0.15, 0.2) is 5.96 Å². The molecule has 1 rings (SSSR count). The average molecular weight is 478 g/mol. The van der Waals surface area contributed by atoms with Gasteiger partial charge in [0.25, 0.3) is 0 Å². The van der Waals surface area contributed by atoms with E-state index in [9.17, 15) is 8.78 Å². The Kier molecular flexibility index (Phi) is 11.0. The van der Waals surface area contributed by atoms with Crippen molar-refractivity contribution in [1.82, 2.24) is 10.6 Å². The molecule has 9 heteroatoms. The number of halogens is 5. The quantitative estimate of drug-likeness (QED) is 0.283. The molecular formula is C14H16Cl2F2IN3O. The van der Waals surface area contributed by atoms with Gasteiger partial charge >= 0.3 is 6.61 Å². The topological polar surface area (TPSA) is 45.7 Å². The number of rotatable bonds is 6. The first-order valence-corrected chi connectivity index (χ1v) is 7.11. The summed E-state index contributed by atoms with van der Waals surface area (Å²) in [6.07, 6.45) is 5.17. The number of hydrogen-bond acceptors (Lipinski definition) is 2. The molecule has 0 radical (unpaired) electrons. The van der Waals surface area contributed by atoms with Crippen LogP contribution in [0.25, 0.3) is 0 Å². The Balaban J connectivity index is 0.00000484. The number of guanidine groups is 1. The van der Waals surface area contributed by atoms with Gasteiger partial charge in [-0.1, -0.05) is 29.1 Å². The molecule has 128 valence electrons. The second-order valence-electron chi connectivity index (χ2n) is 4.01. The fourth-order valence-electron chi connectivity index (χ4n) is 1.59. The molecule has 0 aromatic heterocycles. The maximum Gasteiger partial charge on any atom is 0.387 e. The van der Waals surface area contributed by atoms with Gasteiger partial charge in [-0.3, -0.25) is 0 Å². The summed E-state index contributed by atoms with van der Waals surface area (Å²) in [4.78, 5) is 4.23. The largest absolute Gasteiger partial charge is 0.433 e. The van der Waals surface area contributed by atoms with E-state index in [0.29, 0.717) is 23.1 Å². The van der Waals surface area contributed by atoms with Crippen LogP contribution in [0.2, 0.25) is 10.0 Å². The smallest absolute Gasteiger partial charge is 0.387 e. The maximum absolute atomic E-state index is 12.5. The molecule has 0 aliphatic rings. The second-order valence-corrected chi connectivity index (χ2v) is 4.85. The predicted molar refractivity (Wildman–Crippen MR) is 100 cm³/mol. The lowest BCUT2D eigenvalue weighted by atomic mass is 10.2. The van der Waals surface area contributed by atoms with Gasteiger partial charge in [-0.2, -0.15) is 8.78 Å². The Bertz CT molecular complexity index is 580. The van der Waals surface area contributed by atoms with Crippen molar-refractivity contribution in [3.05, 3.63) is 27.7 Å². The Labute approximate surface area is 161 Å². The predicted octanol–water partition coefficient (Wildman–Crippen LogP) is 3.90. The van der Waals surface area contributed by atoms with Crippen LogP contribution in [-0.4, -0.2) is 25.7 Å². The van der Waals surface area contributed by atoms with Crippen molar-refractivity contribution in [3.63, 3.8) is 0 Å². The van der Waals surface area contributed by atoms with Crippen LogP contribution in [0.4, 0.5) is 8.78 Å². The zero-order valence-corrected chi connectivity index (χ0v) is 16.0. The molecule has 0 fully saturated rings. The standard InChI is InChI=1S/C14H15Cl2F2N3O.HI/c1-3-5-20-14(19-4-2)21-8-9-6-10(15)7-11(16)12(9)22-13(17)18;/h1,6-7,13H,4-5,8H2,2H3,(H2,19,20,21);1H. The number of hydrogen-bond donors (Lipinski definition) is 2. The average Bonchev–Trinajstić information content (AvgIpc) is 2.44. The summed E-state index contributed by atoms with van der Waals surface area (Å²) in [5.41, 5.74) is 0.343. The Morgan fingerprint density at radius 2 is 2.09 bits per heavy atom. The third kappa shape index (κ3) is 7.90. The van der Waals surface area contributed by atoms with Crippen LogP contribution in [0.1, 0.15) is 12.5 Å². The normalized spacial score (nSPS) is 10.7. The van der Waals surface area contributed by atoms with Crippen molar-refractivity contribution >= 4 is 53.1 Å². The molecule has 4 nitrogen and oxygen atoms in total. The number of alkyl halides is 2. The van der Waals surface area contributed by atoms with E-state index in [4.69, 9.17) is 29.6 Å². The molecule has 2 N–H and O–H groups in total. The fraction of sp³-hybridized carbons (Fsp3) is 0.357. The number of benzene rings is 1. The van der Waals surface area contributed by atoms with Gasteiger partial charge in [0, 0.05) is 17.1 Å². The van der Waals surface area contributed by atoms with E-state index < -0.39 is 6.61 Å². The third-order valence-electron chi connectivity index (χ3n) is 2.40. The fourth-order valence-corrected chi connectivity index (χ4v) is 2.17. The Morgan fingerprint density at radius 1 is 1.39 bits per heavy atom. The summed E-state index contributed by atoms with van der Waals surface area (Å²) in [5.74, 6) is 2.72. The molecule has 0 amide bonds. The molecular weight excluding hydrogens is 462 g/mol. The summed E-state index contributed by atoms with van der Waals surface area (Å²) < 4.78 is 29.4. The molecule has 0 unspecified atom stereocenters. The van der Waals surface area contributed by atoms with Gasteiger partial charge < -0.3 is 15.4 Å². The molecule has 0 spiro atoms. The van der Waals surface area contributed by atoms with Gasteiger partial charge in [0.2, 0.25) is 0 Å². The van der Waals surface area contributed by atoms with Crippen molar-refractivity contribution < 1.29 is 13.5 Å². The minimum absolute atomic E-state index is 0. The highest BCUT2D eigenvalue weighted by atomic mass is 127. The van der Waals surface area contributed by atoms with E-state index in [2.05, 4.69) is 26.3 Å². The van der Waals surface area contributed by atoms with E-state index in [1.165, 1.54) is 12.1 Å². The van der Waals surface area contributed by atoms with Gasteiger partial charge in [-0.05, 0) is 19.1 Å². The molecule has 0 bridgehead atoms. The van der Waals surface area contributed by atoms with Crippen molar-refractivity contribution in [2.75, 3.05) is 13.1 Å². The monoisotopic (exact) mass is 477 g/mol. The Morgan fingerprint density at radius 3 is 2.65 bits per heavy atom. The van der Waals surface area contributed by atoms with Crippen molar-refractivity contribution in [2.24, 2.45) is 4.99 Å². The van der Waals surface area contributed by atoms with Crippen LogP contribution < -0.4 is 15.4 Å². The lowest BCUT2D eigenvalue weighted by Crippen LogP contribution is -2.37. The summed E-state index contributed by atoms with van der Waals surface area (Å²) in [6.45, 7) is -0.166. The first-order valence-electron chi connectivity index (χ1n) is 6.36. The molecule has 1 aromatic rings. The SMILES string of the molecule is C#CCNC(=NCc1cc(Cl)cc(Cl)c1OC(F)F)NCC.I. The molecule has 0 aliphatic carbocycles. The first-order chi connectivity index (χ1) is 10.5. The summed E-state index contributed by atoms with van der Waals surface area (Å²) in [7, 11) is 0. The molecule has 0 saturated carbocycles. The van der Waals surface area contributed by atoms with Gasteiger partial charge in [-0.25, -0.2) is 4.99 Å². The van der Waals surface area contributed by atoms with Crippen molar-refractivity contribution in [1.29, 1.82) is 0 Å². The summed E-state index contributed by atoms with van der Waals surface area (Å²) in [6, 6.07) is 2.80. The highest BCUT2D eigenvalue weighted by Gasteiger charge is 2.15. The van der Waals surface area contributed by atoms with E-state index in [-0.39, 0.29) is 47.8 Å². The van der Waals surface area contributed by atoms with E-state index >= 15 is 0 Å². The summed E-state index contributed by atoms with van der Waals surface area (Å²) >= 11 is 11.8. The highest BCUT2D eigenvalue weighted by Crippen LogP contribution is 2.34. The van der Waals surface area contributed by atoms with Crippen LogP contribution in [0.15, 0.2) is 17.1 Å². The van der Waals surface area contributed by atoms with Gasteiger partial charge in [-0.15, -0.1) is 30.4 Å². The van der Waals surface area contributed by atoms with Crippen LogP contribution in [0, 0.1) is 12.3 Å². The molecule has 0 atom stereocenters. The second kappa shape index (κ2) is 11.5. The Hall–Kier alpha value is -0.980. The highest BCUT2D eigenvalue weighted by molar-refractivity contribution is 14.0. The van der Waals surface area contributed by atoms with Crippen LogP contribution in [0.5, 0.6) is 5.75 Å². The van der Waals surface area contributed by atoms with E-state index in [1.54, 1.807) is 0 Å². The van der Waals surface area contributed by atoms with E-state index in [1.807, 2.05) is 6.92 Å².